The lowest BCUT2D eigenvalue weighted by molar-refractivity contribution is 0.768. The normalized spacial score (nSPS) is 10.8. The van der Waals surface area contributed by atoms with Crippen LogP contribution in [-0.4, -0.2) is 26.1 Å². The van der Waals surface area contributed by atoms with Crippen molar-refractivity contribution in [2.45, 2.75) is 26.2 Å². The van der Waals surface area contributed by atoms with Gasteiger partial charge in [-0.3, -0.25) is 0 Å². The summed E-state index contributed by atoms with van der Waals surface area (Å²) in [4.78, 5) is 13.1. The standard InChI is InChI=1S/C13H21N7/c1-9(2)13-17-10(8-11(18-13)19-14)15-5-4-12-16-6-7-20(12)3/h6-9H,4-5,14H2,1-3H3,(H2,15,17,18,19). The van der Waals surface area contributed by atoms with E-state index in [1.807, 2.05) is 31.7 Å². The average molecular weight is 275 g/mol. The minimum Gasteiger partial charge on any atom is -0.369 e. The molecule has 2 aromatic heterocycles. The molecule has 0 amide bonds. The molecule has 0 unspecified atom stereocenters. The molecule has 0 aliphatic rings. The third kappa shape index (κ3) is 3.45. The summed E-state index contributed by atoms with van der Waals surface area (Å²) in [7, 11) is 1.99. The van der Waals surface area contributed by atoms with Crippen LogP contribution in [0.1, 0.15) is 31.4 Å². The van der Waals surface area contributed by atoms with Crippen molar-refractivity contribution < 1.29 is 0 Å². The van der Waals surface area contributed by atoms with Crippen LogP contribution in [0, 0.1) is 0 Å². The van der Waals surface area contributed by atoms with E-state index < -0.39 is 0 Å². The minimum absolute atomic E-state index is 0.249. The molecule has 0 saturated carbocycles. The maximum atomic E-state index is 5.43. The first-order chi connectivity index (χ1) is 9.60. The molecular weight excluding hydrogens is 254 g/mol. The second-order valence-corrected chi connectivity index (χ2v) is 4.93. The molecule has 7 heteroatoms. The topological polar surface area (TPSA) is 93.7 Å². The Kier molecular flexibility index (Phi) is 4.52. The number of aryl methyl sites for hydroxylation is 1. The van der Waals surface area contributed by atoms with Gasteiger partial charge in [0, 0.05) is 44.4 Å². The number of aromatic nitrogens is 4. The number of anilines is 2. The number of nitrogen functional groups attached to an aromatic ring is 1. The van der Waals surface area contributed by atoms with Crippen molar-refractivity contribution in [3.05, 3.63) is 30.1 Å². The fraction of sp³-hybridized carbons (Fsp3) is 0.462. The Bertz CT molecular complexity index is 562. The number of hydrazine groups is 1. The fourth-order valence-corrected chi connectivity index (χ4v) is 1.83. The predicted octanol–water partition coefficient (Wildman–Crippen LogP) is 1.27. The Labute approximate surface area is 118 Å². The van der Waals surface area contributed by atoms with Crippen LogP contribution in [0.3, 0.4) is 0 Å². The molecule has 4 N–H and O–H groups in total. The molecule has 0 aliphatic heterocycles. The lowest BCUT2D eigenvalue weighted by Gasteiger charge is -2.11. The third-order valence-electron chi connectivity index (χ3n) is 2.98. The van der Waals surface area contributed by atoms with Gasteiger partial charge in [-0.15, -0.1) is 0 Å². The number of nitrogens with one attached hydrogen (secondary N) is 2. The van der Waals surface area contributed by atoms with E-state index in [1.165, 1.54) is 0 Å². The van der Waals surface area contributed by atoms with Gasteiger partial charge in [-0.25, -0.2) is 20.8 Å². The van der Waals surface area contributed by atoms with E-state index in [1.54, 1.807) is 12.3 Å². The van der Waals surface area contributed by atoms with Gasteiger partial charge in [0.15, 0.2) is 0 Å². The number of rotatable bonds is 6. The summed E-state index contributed by atoms with van der Waals surface area (Å²) in [6.45, 7) is 4.85. The summed E-state index contributed by atoms with van der Waals surface area (Å²) in [5.41, 5.74) is 2.57. The zero-order chi connectivity index (χ0) is 14.5. The van der Waals surface area contributed by atoms with Gasteiger partial charge in [-0.05, 0) is 0 Å². The van der Waals surface area contributed by atoms with E-state index >= 15 is 0 Å². The SMILES string of the molecule is CC(C)c1nc(NN)cc(NCCc2nccn2C)n1. The number of nitrogens with two attached hydrogens (primary N) is 1. The molecule has 0 aliphatic carbocycles. The first kappa shape index (κ1) is 14.3. The van der Waals surface area contributed by atoms with E-state index in [0.29, 0.717) is 5.82 Å². The quantitative estimate of drug-likeness (QED) is 0.543. The Morgan fingerprint density at radius 3 is 2.65 bits per heavy atom. The lowest BCUT2D eigenvalue weighted by Crippen LogP contribution is -2.14. The Balaban J connectivity index is 2.01. The van der Waals surface area contributed by atoms with E-state index in [2.05, 4.69) is 25.7 Å². The number of nitrogens with zero attached hydrogens (tertiary/aromatic N) is 4. The van der Waals surface area contributed by atoms with E-state index in [9.17, 15) is 0 Å². The van der Waals surface area contributed by atoms with Crippen molar-refractivity contribution >= 4 is 11.6 Å². The highest BCUT2D eigenvalue weighted by Crippen LogP contribution is 2.16. The second-order valence-electron chi connectivity index (χ2n) is 4.93. The van der Waals surface area contributed by atoms with Crippen LogP contribution in [0.25, 0.3) is 0 Å². The molecule has 2 rings (SSSR count). The van der Waals surface area contributed by atoms with E-state index in [4.69, 9.17) is 5.84 Å². The van der Waals surface area contributed by atoms with Gasteiger partial charge in [-0.1, -0.05) is 13.8 Å². The van der Waals surface area contributed by atoms with Gasteiger partial charge in [0.2, 0.25) is 0 Å². The summed E-state index contributed by atoms with van der Waals surface area (Å²) < 4.78 is 2.01. The van der Waals surface area contributed by atoms with Gasteiger partial charge in [0.25, 0.3) is 0 Å². The molecule has 0 radical (unpaired) electrons. The maximum absolute atomic E-state index is 5.43. The van der Waals surface area contributed by atoms with Crippen molar-refractivity contribution in [1.29, 1.82) is 0 Å². The minimum atomic E-state index is 0.249. The monoisotopic (exact) mass is 275 g/mol. The molecule has 108 valence electrons. The summed E-state index contributed by atoms with van der Waals surface area (Å²) >= 11 is 0. The smallest absolute Gasteiger partial charge is 0.145 e. The summed E-state index contributed by atoms with van der Waals surface area (Å²) in [5.74, 6) is 8.86. The zero-order valence-corrected chi connectivity index (χ0v) is 12.1. The van der Waals surface area contributed by atoms with Crippen LogP contribution in [0.4, 0.5) is 11.6 Å². The number of hydrogen-bond acceptors (Lipinski definition) is 6. The predicted molar refractivity (Wildman–Crippen MR) is 79.3 cm³/mol. The number of imidazole rings is 1. The molecule has 0 spiro atoms. The molecule has 2 aromatic rings. The highest BCUT2D eigenvalue weighted by molar-refractivity contribution is 5.47. The van der Waals surface area contributed by atoms with Gasteiger partial charge >= 0.3 is 0 Å². The second kappa shape index (κ2) is 6.33. The van der Waals surface area contributed by atoms with Crippen molar-refractivity contribution in [1.82, 2.24) is 19.5 Å². The van der Waals surface area contributed by atoms with Crippen LogP contribution in [-0.2, 0) is 13.5 Å². The van der Waals surface area contributed by atoms with Gasteiger partial charge in [0.1, 0.15) is 23.3 Å². The first-order valence-electron chi connectivity index (χ1n) is 6.66. The zero-order valence-electron chi connectivity index (χ0n) is 12.1. The molecule has 0 atom stereocenters. The van der Waals surface area contributed by atoms with E-state index in [-0.39, 0.29) is 5.92 Å². The molecule has 2 heterocycles. The first-order valence-corrected chi connectivity index (χ1v) is 6.66. The molecule has 0 bridgehead atoms. The van der Waals surface area contributed by atoms with Crippen molar-refractivity contribution in [3.8, 4) is 0 Å². The Morgan fingerprint density at radius 2 is 2.05 bits per heavy atom. The van der Waals surface area contributed by atoms with Crippen molar-refractivity contribution in [2.75, 3.05) is 17.3 Å². The van der Waals surface area contributed by atoms with Crippen LogP contribution < -0.4 is 16.6 Å². The molecule has 0 fully saturated rings. The molecule has 0 aromatic carbocycles. The molecule has 0 saturated heterocycles. The molecule has 7 nitrogen and oxygen atoms in total. The highest BCUT2D eigenvalue weighted by Gasteiger charge is 2.07. The Hall–Kier alpha value is -2.15. The fourth-order valence-electron chi connectivity index (χ4n) is 1.83. The molecule has 20 heavy (non-hydrogen) atoms. The Morgan fingerprint density at radius 1 is 1.30 bits per heavy atom. The summed E-state index contributed by atoms with van der Waals surface area (Å²) in [6, 6.07) is 1.80. The van der Waals surface area contributed by atoms with Crippen LogP contribution in [0.15, 0.2) is 18.5 Å². The van der Waals surface area contributed by atoms with Crippen molar-refractivity contribution in [2.24, 2.45) is 12.9 Å². The van der Waals surface area contributed by atoms with Crippen LogP contribution in [0.5, 0.6) is 0 Å². The van der Waals surface area contributed by atoms with Crippen molar-refractivity contribution in [3.63, 3.8) is 0 Å². The lowest BCUT2D eigenvalue weighted by atomic mass is 10.2. The van der Waals surface area contributed by atoms with E-state index in [0.717, 1.165) is 30.4 Å². The largest absolute Gasteiger partial charge is 0.369 e. The van der Waals surface area contributed by atoms with Crippen LogP contribution in [0.2, 0.25) is 0 Å². The third-order valence-corrected chi connectivity index (χ3v) is 2.98. The average Bonchev–Trinajstić information content (AvgIpc) is 2.84. The van der Waals surface area contributed by atoms with Crippen LogP contribution >= 0.6 is 0 Å². The van der Waals surface area contributed by atoms with Gasteiger partial charge < -0.3 is 15.3 Å². The molecular formula is C13H21N7. The summed E-state index contributed by atoms with van der Waals surface area (Å²) in [6.07, 6.45) is 4.57. The summed E-state index contributed by atoms with van der Waals surface area (Å²) in [5, 5.41) is 3.28. The highest BCUT2D eigenvalue weighted by atomic mass is 15.3. The number of hydrogen-bond donors (Lipinski definition) is 3. The van der Waals surface area contributed by atoms with Gasteiger partial charge in [0.05, 0.1) is 0 Å². The van der Waals surface area contributed by atoms with Gasteiger partial charge in [-0.2, -0.15) is 0 Å². The maximum Gasteiger partial charge on any atom is 0.145 e.